The minimum atomic E-state index is 0.412. The first kappa shape index (κ1) is 10.6. The summed E-state index contributed by atoms with van der Waals surface area (Å²) in [6, 6.07) is 4.24. The summed E-state index contributed by atoms with van der Waals surface area (Å²) in [7, 11) is 0. The molecule has 1 aromatic carbocycles. The van der Waals surface area contributed by atoms with Gasteiger partial charge in [0.05, 0.1) is 0 Å². The molecule has 0 saturated carbocycles. The molecule has 0 aliphatic heterocycles. The predicted octanol–water partition coefficient (Wildman–Crippen LogP) is 3.02. The number of rotatable bonds is 2. The fourth-order valence-corrected chi connectivity index (χ4v) is 1.51. The van der Waals surface area contributed by atoms with Gasteiger partial charge in [0, 0.05) is 5.02 Å². The van der Waals surface area contributed by atoms with Gasteiger partial charge in [0.2, 0.25) is 0 Å². The van der Waals surface area contributed by atoms with E-state index in [0.717, 1.165) is 16.1 Å². The number of halogens is 1. The minimum absolute atomic E-state index is 0.412. The molecule has 0 bridgehead atoms. The Morgan fingerprint density at radius 3 is 2.15 bits per heavy atom. The zero-order valence-corrected chi connectivity index (χ0v) is 9.15. The molecule has 0 amide bonds. The Kier molecular flexibility index (Phi) is 3.34. The highest BCUT2D eigenvalue weighted by molar-refractivity contribution is 6.32. The summed E-state index contributed by atoms with van der Waals surface area (Å²) in [6.45, 7) is 6.87. The van der Waals surface area contributed by atoms with Crippen LogP contribution in [0.2, 0.25) is 5.02 Å². The lowest BCUT2D eigenvalue weighted by molar-refractivity contribution is 0.772. The van der Waals surface area contributed by atoms with E-state index in [1.807, 2.05) is 13.8 Å². The molecule has 0 aliphatic rings. The number of nitrogens with two attached hydrogens (primary N) is 1. The summed E-state index contributed by atoms with van der Waals surface area (Å²) in [5.41, 5.74) is 9.16. The highest BCUT2D eigenvalue weighted by Gasteiger charge is 2.07. The maximum absolute atomic E-state index is 6.07. The smallest absolute Gasteiger partial charge is 0.0464 e. The Labute approximate surface area is 84.9 Å². The maximum Gasteiger partial charge on any atom is 0.0464 e. The van der Waals surface area contributed by atoms with Crippen LogP contribution >= 0.6 is 11.6 Å². The van der Waals surface area contributed by atoms with Crippen LogP contribution in [0.4, 0.5) is 0 Å². The van der Waals surface area contributed by atoms with E-state index in [1.165, 1.54) is 5.56 Å². The van der Waals surface area contributed by atoms with Gasteiger partial charge in [0.15, 0.2) is 0 Å². The topological polar surface area (TPSA) is 26.0 Å². The van der Waals surface area contributed by atoms with Gasteiger partial charge in [-0.1, -0.05) is 30.7 Å². The lowest BCUT2D eigenvalue weighted by atomic mass is 9.97. The SMILES string of the molecule is Cc1cc(C(C)CN)cc(C)c1Cl. The molecule has 2 N–H and O–H groups in total. The highest BCUT2D eigenvalue weighted by Crippen LogP contribution is 2.25. The van der Waals surface area contributed by atoms with Crippen molar-refractivity contribution in [1.29, 1.82) is 0 Å². The molecule has 0 aromatic heterocycles. The Hall–Kier alpha value is -0.530. The van der Waals surface area contributed by atoms with Crippen LogP contribution in [-0.4, -0.2) is 6.54 Å². The molecule has 1 unspecified atom stereocenters. The summed E-state index contributed by atoms with van der Waals surface area (Å²) >= 11 is 6.07. The Balaban J connectivity index is 3.13. The number of benzene rings is 1. The molecule has 72 valence electrons. The van der Waals surface area contributed by atoms with E-state index in [4.69, 9.17) is 17.3 Å². The molecule has 13 heavy (non-hydrogen) atoms. The fourth-order valence-electron chi connectivity index (χ4n) is 1.40. The zero-order valence-electron chi connectivity index (χ0n) is 8.39. The number of aryl methyl sites for hydroxylation is 2. The van der Waals surface area contributed by atoms with Crippen molar-refractivity contribution >= 4 is 11.6 Å². The Morgan fingerprint density at radius 2 is 1.77 bits per heavy atom. The molecule has 0 heterocycles. The van der Waals surface area contributed by atoms with Crippen LogP contribution in [0.25, 0.3) is 0 Å². The second-order valence-corrected chi connectivity index (χ2v) is 3.98. The molecule has 1 aromatic rings. The summed E-state index contributed by atoms with van der Waals surface area (Å²) in [6.07, 6.45) is 0. The van der Waals surface area contributed by atoms with Crippen molar-refractivity contribution in [2.75, 3.05) is 6.54 Å². The van der Waals surface area contributed by atoms with E-state index in [2.05, 4.69) is 19.1 Å². The van der Waals surface area contributed by atoms with Gasteiger partial charge in [-0.05, 0) is 43.0 Å². The van der Waals surface area contributed by atoms with Crippen LogP contribution in [0.3, 0.4) is 0 Å². The quantitative estimate of drug-likeness (QED) is 0.775. The molecule has 1 rings (SSSR count). The largest absolute Gasteiger partial charge is 0.330 e. The van der Waals surface area contributed by atoms with Gasteiger partial charge in [-0.15, -0.1) is 0 Å². The second kappa shape index (κ2) is 4.12. The number of hydrogen-bond donors (Lipinski definition) is 1. The van der Waals surface area contributed by atoms with Crippen molar-refractivity contribution in [2.45, 2.75) is 26.7 Å². The van der Waals surface area contributed by atoms with Gasteiger partial charge < -0.3 is 5.73 Å². The van der Waals surface area contributed by atoms with E-state index in [0.29, 0.717) is 12.5 Å². The first-order valence-electron chi connectivity index (χ1n) is 4.53. The van der Waals surface area contributed by atoms with Crippen LogP contribution in [0, 0.1) is 13.8 Å². The third-order valence-electron chi connectivity index (χ3n) is 2.38. The molecule has 0 radical (unpaired) electrons. The van der Waals surface area contributed by atoms with Crippen molar-refractivity contribution < 1.29 is 0 Å². The van der Waals surface area contributed by atoms with Crippen LogP contribution in [0.15, 0.2) is 12.1 Å². The van der Waals surface area contributed by atoms with Gasteiger partial charge in [0.25, 0.3) is 0 Å². The maximum atomic E-state index is 6.07. The standard InChI is InChI=1S/C11H16ClN/c1-7-4-10(9(3)6-13)5-8(2)11(7)12/h4-5,9H,6,13H2,1-3H3. The molecule has 1 nitrogen and oxygen atoms in total. The summed E-state index contributed by atoms with van der Waals surface area (Å²) < 4.78 is 0. The molecule has 0 spiro atoms. The zero-order chi connectivity index (χ0) is 10.0. The van der Waals surface area contributed by atoms with E-state index in [9.17, 15) is 0 Å². The normalized spacial score (nSPS) is 13.0. The van der Waals surface area contributed by atoms with Crippen molar-refractivity contribution in [2.24, 2.45) is 5.73 Å². The molecular formula is C11H16ClN. The van der Waals surface area contributed by atoms with Gasteiger partial charge >= 0.3 is 0 Å². The first-order valence-corrected chi connectivity index (χ1v) is 4.90. The van der Waals surface area contributed by atoms with Gasteiger partial charge in [-0.3, -0.25) is 0 Å². The highest BCUT2D eigenvalue weighted by atomic mass is 35.5. The van der Waals surface area contributed by atoms with E-state index >= 15 is 0 Å². The molecule has 2 heteroatoms. The minimum Gasteiger partial charge on any atom is -0.330 e. The van der Waals surface area contributed by atoms with Crippen molar-refractivity contribution in [3.05, 3.63) is 33.8 Å². The molecular weight excluding hydrogens is 182 g/mol. The fraction of sp³-hybridized carbons (Fsp3) is 0.455. The monoisotopic (exact) mass is 197 g/mol. The third-order valence-corrected chi connectivity index (χ3v) is 2.98. The molecule has 1 atom stereocenters. The van der Waals surface area contributed by atoms with Crippen molar-refractivity contribution in [3.63, 3.8) is 0 Å². The van der Waals surface area contributed by atoms with E-state index in [1.54, 1.807) is 0 Å². The summed E-state index contributed by atoms with van der Waals surface area (Å²) in [4.78, 5) is 0. The average molecular weight is 198 g/mol. The average Bonchev–Trinajstić information content (AvgIpc) is 2.12. The Bertz CT molecular complexity index is 284. The third kappa shape index (κ3) is 2.23. The van der Waals surface area contributed by atoms with Crippen LogP contribution in [0.1, 0.15) is 29.5 Å². The first-order chi connectivity index (χ1) is 6.06. The summed E-state index contributed by atoms with van der Waals surface area (Å²) in [5.74, 6) is 0.412. The van der Waals surface area contributed by atoms with Crippen LogP contribution in [0.5, 0.6) is 0 Å². The number of hydrogen-bond acceptors (Lipinski definition) is 1. The molecule has 0 aliphatic carbocycles. The molecule has 0 saturated heterocycles. The van der Waals surface area contributed by atoms with Crippen molar-refractivity contribution in [3.8, 4) is 0 Å². The lowest BCUT2D eigenvalue weighted by Gasteiger charge is -2.12. The molecule has 0 fully saturated rings. The lowest BCUT2D eigenvalue weighted by Crippen LogP contribution is -2.09. The van der Waals surface area contributed by atoms with E-state index in [-0.39, 0.29) is 0 Å². The van der Waals surface area contributed by atoms with Gasteiger partial charge in [0.1, 0.15) is 0 Å². The van der Waals surface area contributed by atoms with Crippen LogP contribution < -0.4 is 5.73 Å². The second-order valence-electron chi connectivity index (χ2n) is 3.61. The Morgan fingerprint density at radius 1 is 1.31 bits per heavy atom. The van der Waals surface area contributed by atoms with Crippen LogP contribution in [-0.2, 0) is 0 Å². The summed E-state index contributed by atoms with van der Waals surface area (Å²) in [5, 5.41) is 0.868. The van der Waals surface area contributed by atoms with Gasteiger partial charge in [-0.2, -0.15) is 0 Å². The predicted molar refractivity (Wildman–Crippen MR) is 58.4 cm³/mol. The van der Waals surface area contributed by atoms with Gasteiger partial charge in [-0.25, -0.2) is 0 Å². The van der Waals surface area contributed by atoms with Crippen molar-refractivity contribution in [1.82, 2.24) is 0 Å². The van der Waals surface area contributed by atoms with E-state index < -0.39 is 0 Å².